The van der Waals surface area contributed by atoms with Crippen LogP contribution < -0.4 is 4.74 Å². The van der Waals surface area contributed by atoms with E-state index < -0.39 is 5.97 Å². The molecule has 0 aromatic heterocycles. The summed E-state index contributed by atoms with van der Waals surface area (Å²) < 4.78 is 10.6. The lowest BCUT2D eigenvalue weighted by molar-refractivity contribution is -0.135. The summed E-state index contributed by atoms with van der Waals surface area (Å²) in [7, 11) is 1.59. The lowest BCUT2D eigenvalue weighted by Gasteiger charge is -2.09. The number of carbonyl (C=O) groups excluding carboxylic acids is 2. The number of ketones is 1. The lowest BCUT2D eigenvalue weighted by Crippen LogP contribution is -2.15. The van der Waals surface area contributed by atoms with Gasteiger partial charge in [-0.3, -0.25) is 4.79 Å². The van der Waals surface area contributed by atoms with Crippen molar-refractivity contribution in [3.8, 4) is 5.75 Å². The Morgan fingerprint density at radius 1 is 0.821 bits per heavy atom. The fraction of sp³-hybridized carbons (Fsp3) is 0.0833. The number of ether oxygens (including phenoxy) is 2. The summed E-state index contributed by atoms with van der Waals surface area (Å²) in [5.74, 6) is -0.116. The topological polar surface area (TPSA) is 52.6 Å². The van der Waals surface area contributed by atoms with Crippen LogP contribution >= 0.6 is 0 Å². The molecule has 0 spiro atoms. The molecular weight excluding hydrogens is 352 g/mol. The third-order valence-corrected chi connectivity index (χ3v) is 4.14. The Kier molecular flexibility index (Phi) is 6.37. The molecule has 0 aliphatic carbocycles. The van der Waals surface area contributed by atoms with Crippen molar-refractivity contribution < 1.29 is 19.1 Å². The van der Waals surface area contributed by atoms with Crippen molar-refractivity contribution >= 4 is 23.4 Å². The minimum absolute atomic E-state index is 0.247. The van der Waals surface area contributed by atoms with Crippen LogP contribution in [0.1, 0.15) is 21.5 Å². The predicted molar refractivity (Wildman–Crippen MR) is 109 cm³/mol. The molecule has 0 N–H and O–H groups in total. The lowest BCUT2D eigenvalue weighted by atomic mass is 10.0. The molecule has 0 aliphatic rings. The van der Waals surface area contributed by atoms with Gasteiger partial charge in [0.2, 0.25) is 0 Å². The highest BCUT2D eigenvalue weighted by molar-refractivity contribution is 6.22. The molecule has 0 saturated heterocycles. The van der Waals surface area contributed by atoms with E-state index in [9.17, 15) is 9.59 Å². The van der Waals surface area contributed by atoms with Crippen molar-refractivity contribution in [3.05, 3.63) is 102 Å². The van der Waals surface area contributed by atoms with Gasteiger partial charge in [0.05, 0.1) is 12.7 Å². The smallest absolute Gasteiger partial charge is 0.339 e. The maximum atomic E-state index is 12.8. The number of hydrogen-bond donors (Lipinski definition) is 0. The Hall–Kier alpha value is -3.66. The molecule has 0 heterocycles. The average Bonchev–Trinajstić information content (AvgIpc) is 2.77. The van der Waals surface area contributed by atoms with Crippen LogP contribution in [0.5, 0.6) is 5.75 Å². The maximum Gasteiger partial charge on any atom is 0.339 e. The first-order chi connectivity index (χ1) is 13.7. The molecule has 0 radical (unpaired) electrons. The molecule has 4 heteroatoms. The van der Waals surface area contributed by atoms with Crippen LogP contribution in [0.25, 0.3) is 11.6 Å². The molecule has 0 amide bonds. The van der Waals surface area contributed by atoms with E-state index in [4.69, 9.17) is 9.47 Å². The van der Waals surface area contributed by atoms with Crippen molar-refractivity contribution in [3.63, 3.8) is 0 Å². The largest absolute Gasteiger partial charge is 0.497 e. The molecule has 0 fully saturated rings. The summed E-state index contributed by atoms with van der Waals surface area (Å²) in [6.45, 7) is -0.314. The van der Waals surface area contributed by atoms with E-state index in [-0.39, 0.29) is 12.4 Å². The van der Waals surface area contributed by atoms with Crippen LogP contribution in [0.2, 0.25) is 0 Å². The van der Waals surface area contributed by atoms with E-state index >= 15 is 0 Å². The Morgan fingerprint density at radius 2 is 1.46 bits per heavy atom. The molecular formula is C24H20O4. The van der Waals surface area contributed by atoms with Crippen LogP contribution in [-0.2, 0) is 9.53 Å². The van der Waals surface area contributed by atoms with E-state index in [1.54, 1.807) is 37.5 Å². The van der Waals surface area contributed by atoms with E-state index in [1.165, 1.54) is 0 Å². The van der Waals surface area contributed by atoms with Gasteiger partial charge in [-0.25, -0.2) is 4.79 Å². The highest BCUT2D eigenvalue weighted by atomic mass is 16.5. The minimum Gasteiger partial charge on any atom is -0.497 e. The second kappa shape index (κ2) is 9.33. The number of rotatable bonds is 7. The summed E-state index contributed by atoms with van der Waals surface area (Å²) in [5, 5.41) is 0. The predicted octanol–water partition coefficient (Wildman–Crippen LogP) is 4.66. The van der Waals surface area contributed by atoms with E-state index in [2.05, 4.69) is 0 Å². The zero-order valence-electron chi connectivity index (χ0n) is 15.5. The van der Waals surface area contributed by atoms with Gasteiger partial charge in [0.15, 0.2) is 12.4 Å². The Labute approximate surface area is 164 Å². The number of esters is 1. The van der Waals surface area contributed by atoms with E-state index in [0.29, 0.717) is 22.4 Å². The van der Waals surface area contributed by atoms with Crippen molar-refractivity contribution in [1.82, 2.24) is 0 Å². The monoisotopic (exact) mass is 372 g/mol. The van der Waals surface area contributed by atoms with Crippen molar-refractivity contribution in [2.75, 3.05) is 13.7 Å². The van der Waals surface area contributed by atoms with Crippen molar-refractivity contribution in [2.24, 2.45) is 0 Å². The van der Waals surface area contributed by atoms with Gasteiger partial charge in [-0.05, 0) is 29.3 Å². The molecule has 3 aromatic rings. The average molecular weight is 372 g/mol. The first kappa shape index (κ1) is 19.1. The van der Waals surface area contributed by atoms with Gasteiger partial charge in [0.1, 0.15) is 5.75 Å². The van der Waals surface area contributed by atoms with Crippen molar-refractivity contribution in [2.45, 2.75) is 0 Å². The summed E-state index contributed by atoms with van der Waals surface area (Å²) >= 11 is 0. The van der Waals surface area contributed by atoms with E-state index in [1.807, 2.05) is 60.7 Å². The normalized spacial score (nSPS) is 11.0. The molecule has 28 heavy (non-hydrogen) atoms. The van der Waals surface area contributed by atoms with Crippen LogP contribution in [-0.4, -0.2) is 25.5 Å². The second-order valence-corrected chi connectivity index (χ2v) is 6.07. The Bertz CT molecular complexity index is 976. The summed E-state index contributed by atoms with van der Waals surface area (Å²) in [5.41, 5.74) is 2.38. The SMILES string of the molecule is COc1cccc(/C=C(/C(=O)OCC(=O)c2ccccc2)c2ccccc2)c1. The molecule has 0 atom stereocenters. The van der Waals surface area contributed by atoms with Gasteiger partial charge in [-0.2, -0.15) is 0 Å². The standard InChI is InChI=1S/C24H20O4/c1-27-21-14-8-9-18(15-21)16-22(19-10-4-2-5-11-19)24(26)28-17-23(25)20-12-6-3-7-13-20/h2-16H,17H2,1H3/b22-16+. The summed E-state index contributed by atoms with van der Waals surface area (Å²) in [6.07, 6.45) is 1.73. The second-order valence-electron chi connectivity index (χ2n) is 6.07. The highest BCUT2D eigenvalue weighted by Gasteiger charge is 2.16. The quantitative estimate of drug-likeness (QED) is 0.262. The van der Waals surface area contributed by atoms with Gasteiger partial charge in [0.25, 0.3) is 0 Å². The molecule has 3 aromatic carbocycles. The number of carbonyl (C=O) groups is 2. The van der Waals surface area contributed by atoms with Gasteiger partial charge in [0, 0.05) is 5.56 Å². The number of benzene rings is 3. The maximum absolute atomic E-state index is 12.8. The molecule has 0 bridgehead atoms. The van der Waals surface area contributed by atoms with E-state index in [0.717, 1.165) is 5.56 Å². The van der Waals surface area contributed by atoms with Gasteiger partial charge in [-0.1, -0.05) is 72.8 Å². The van der Waals surface area contributed by atoms with Gasteiger partial charge < -0.3 is 9.47 Å². The van der Waals surface area contributed by atoms with Crippen LogP contribution in [0.3, 0.4) is 0 Å². The number of methoxy groups -OCH3 is 1. The third kappa shape index (κ3) is 4.95. The number of hydrogen-bond acceptors (Lipinski definition) is 4. The molecule has 140 valence electrons. The van der Waals surface area contributed by atoms with Gasteiger partial charge >= 0.3 is 5.97 Å². The van der Waals surface area contributed by atoms with Crippen LogP contribution in [0.15, 0.2) is 84.9 Å². The molecule has 0 saturated carbocycles. The van der Waals surface area contributed by atoms with Crippen LogP contribution in [0, 0.1) is 0 Å². The molecule has 0 unspecified atom stereocenters. The fourth-order valence-corrected chi connectivity index (χ4v) is 2.69. The Morgan fingerprint density at radius 3 is 2.11 bits per heavy atom. The zero-order valence-corrected chi connectivity index (χ0v) is 15.5. The van der Waals surface area contributed by atoms with Crippen molar-refractivity contribution in [1.29, 1.82) is 0 Å². The molecule has 3 rings (SSSR count). The Balaban J connectivity index is 1.83. The molecule has 4 nitrogen and oxygen atoms in total. The molecule has 0 aliphatic heterocycles. The first-order valence-electron chi connectivity index (χ1n) is 8.84. The summed E-state index contributed by atoms with van der Waals surface area (Å²) in [6, 6.07) is 25.3. The highest BCUT2D eigenvalue weighted by Crippen LogP contribution is 2.22. The first-order valence-corrected chi connectivity index (χ1v) is 8.84. The third-order valence-electron chi connectivity index (χ3n) is 4.14. The minimum atomic E-state index is -0.557. The number of Topliss-reactive ketones (excluding diaryl/α,β-unsaturated/α-hetero) is 1. The van der Waals surface area contributed by atoms with Gasteiger partial charge in [-0.15, -0.1) is 0 Å². The fourth-order valence-electron chi connectivity index (χ4n) is 2.69. The summed E-state index contributed by atoms with van der Waals surface area (Å²) in [4.78, 5) is 25.0. The van der Waals surface area contributed by atoms with Crippen LogP contribution in [0.4, 0.5) is 0 Å². The zero-order chi connectivity index (χ0) is 19.8.